The van der Waals surface area contributed by atoms with Crippen LogP contribution in [0.3, 0.4) is 0 Å². The van der Waals surface area contributed by atoms with Gasteiger partial charge in [-0.05, 0) is 44.0 Å². The number of nitrogens with two attached hydrogens (primary N) is 1. The van der Waals surface area contributed by atoms with Crippen LogP contribution in [0.4, 0.5) is 11.6 Å². The molecule has 0 aromatic carbocycles. The Morgan fingerprint density at radius 3 is 2.88 bits per heavy atom. The highest BCUT2D eigenvalue weighted by Gasteiger charge is 2.14. The van der Waals surface area contributed by atoms with Crippen molar-refractivity contribution in [3.63, 3.8) is 0 Å². The third kappa shape index (κ3) is 3.89. The van der Waals surface area contributed by atoms with Gasteiger partial charge in [0.1, 0.15) is 11.6 Å². The summed E-state index contributed by atoms with van der Waals surface area (Å²) in [6.45, 7) is 6.82. The predicted octanol–water partition coefficient (Wildman–Crippen LogP) is 1.81. The van der Waals surface area contributed by atoms with Crippen LogP contribution < -0.4 is 11.1 Å². The van der Waals surface area contributed by atoms with Crippen LogP contribution in [-0.2, 0) is 0 Å². The van der Waals surface area contributed by atoms with Crippen molar-refractivity contribution < 1.29 is 0 Å². The monoisotopic (exact) mass is 234 g/mol. The lowest BCUT2D eigenvalue weighted by molar-refractivity contribution is 0.199. The third-order valence-electron chi connectivity index (χ3n) is 3.38. The summed E-state index contributed by atoms with van der Waals surface area (Å²) in [6, 6.07) is 5.68. The van der Waals surface area contributed by atoms with Crippen LogP contribution in [0.15, 0.2) is 18.2 Å². The van der Waals surface area contributed by atoms with E-state index in [2.05, 4.69) is 22.1 Å². The molecule has 4 heteroatoms. The quantitative estimate of drug-likeness (QED) is 0.834. The molecule has 1 aromatic rings. The van der Waals surface area contributed by atoms with Crippen LogP contribution in [0.2, 0.25) is 0 Å². The lowest BCUT2D eigenvalue weighted by Gasteiger charge is -2.30. The van der Waals surface area contributed by atoms with Crippen molar-refractivity contribution in [1.29, 1.82) is 0 Å². The number of anilines is 2. The van der Waals surface area contributed by atoms with Crippen molar-refractivity contribution in [2.45, 2.75) is 19.8 Å². The van der Waals surface area contributed by atoms with Crippen LogP contribution in [0, 0.1) is 5.92 Å². The molecule has 1 aromatic heterocycles. The number of pyridine rings is 1. The second kappa shape index (κ2) is 5.87. The molecule has 2 heterocycles. The first kappa shape index (κ1) is 12.2. The molecule has 0 aliphatic carbocycles. The number of piperidine rings is 1. The summed E-state index contributed by atoms with van der Waals surface area (Å²) < 4.78 is 0. The minimum atomic E-state index is 0.571. The fourth-order valence-electron chi connectivity index (χ4n) is 2.18. The first-order chi connectivity index (χ1) is 8.24. The number of hydrogen-bond acceptors (Lipinski definition) is 4. The molecule has 0 amide bonds. The molecule has 2 rings (SSSR count). The summed E-state index contributed by atoms with van der Waals surface area (Å²) in [6.07, 6.45) is 2.66. The number of aromatic nitrogens is 1. The molecule has 1 aliphatic rings. The fraction of sp³-hybridized carbons (Fsp3) is 0.615. The van der Waals surface area contributed by atoms with E-state index in [1.54, 1.807) is 6.07 Å². The summed E-state index contributed by atoms with van der Waals surface area (Å²) in [7, 11) is 0. The number of nitrogens with one attached hydrogen (secondary N) is 1. The molecular formula is C13H22N4. The summed E-state index contributed by atoms with van der Waals surface area (Å²) in [5, 5.41) is 3.31. The van der Waals surface area contributed by atoms with Gasteiger partial charge in [-0.15, -0.1) is 0 Å². The zero-order valence-corrected chi connectivity index (χ0v) is 10.5. The number of nitrogen functional groups attached to an aromatic ring is 1. The first-order valence-electron chi connectivity index (χ1n) is 6.43. The fourth-order valence-corrected chi connectivity index (χ4v) is 2.18. The van der Waals surface area contributed by atoms with Crippen molar-refractivity contribution in [2.24, 2.45) is 5.92 Å². The molecule has 94 valence electrons. The van der Waals surface area contributed by atoms with Gasteiger partial charge in [0.05, 0.1) is 0 Å². The zero-order chi connectivity index (χ0) is 12.1. The van der Waals surface area contributed by atoms with Crippen LogP contribution in [0.1, 0.15) is 19.8 Å². The number of rotatable bonds is 4. The average Bonchev–Trinajstić information content (AvgIpc) is 2.32. The number of nitrogens with zero attached hydrogens (tertiary/aromatic N) is 2. The maximum Gasteiger partial charge on any atom is 0.128 e. The molecule has 1 aliphatic heterocycles. The molecule has 0 saturated carbocycles. The predicted molar refractivity (Wildman–Crippen MR) is 72.0 cm³/mol. The van der Waals surface area contributed by atoms with Gasteiger partial charge in [0.15, 0.2) is 0 Å². The first-order valence-corrected chi connectivity index (χ1v) is 6.43. The minimum Gasteiger partial charge on any atom is -0.384 e. The second-order valence-electron chi connectivity index (χ2n) is 4.90. The Kier molecular flexibility index (Phi) is 4.20. The van der Waals surface area contributed by atoms with Gasteiger partial charge >= 0.3 is 0 Å². The lowest BCUT2D eigenvalue weighted by atomic mass is 9.99. The highest BCUT2D eigenvalue weighted by Crippen LogP contribution is 2.15. The van der Waals surface area contributed by atoms with Crippen molar-refractivity contribution in [2.75, 3.05) is 37.2 Å². The summed E-state index contributed by atoms with van der Waals surface area (Å²) in [4.78, 5) is 6.73. The van der Waals surface area contributed by atoms with Crippen LogP contribution in [0.5, 0.6) is 0 Å². The zero-order valence-electron chi connectivity index (χ0n) is 10.5. The molecule has 0 radical (unpaired) electrons. The summed E-state index contributed by atoms with van der Waals surface area (Å²) >= 11 is 0. The normalized spacial score (nSPS) is 18.2. The molecule has 3 N–H and O–H groups in total. The smallest absolute Gasteiger partial charge is 0.128 e. The molecule has 0 spiro atoms. The van der Waals surface area contributed by atoms with E-state index in [-0.39, 0.29) is 0 Å². The van der Waals surface area contributed by atoms with E-state index >= 15 is 0 Å². The maximum atomic E-state index is 5.63. The van der Waals surface area contributed by atoms with Gasteiger partial charge in [-0.3, -0.25) is 0 Å². The molecule has 0 bridgehead atoms. The van der Waals surface area contributed by atoms with E-state index in [1.807, 2.05) is 12.1 Å². The van der Waals surface area contributed by atoms with Gasteiger partial charge in [-0.2, -0.15) is 0 Å². The highest BCUT2D eigenvalue weighted by molar-refractivity contribution is 5.42. The van der Waals surface area contributed by atoms with Crippen LogP contribution >= 0.6 is 0 Å². The van der Waals surface area contributed by atoms with E-state index in [1.165, 1.54) is 25.9 Å². The van der Waals surface area contributed by atoms with Gasteiger partial charge in [0, 0.05) is 13.1 Å². The van der Waals surface area contributed by atoms with E-state index in [0.29, 0.717) is 5.82 Å². The Bertz CT molecular complexity index is 345. The Morgan fingerprint density at radius 1 is 1.41 bits per heavy atom. The SMILES string of the molecule is CC1CCN(CCNc2cccc(N)n2)CC1. The van der Waals surface area contributed by atoms with E-state index in [0.717, 1.165) is 24.8 Å². The molecule has 17 heavy (non-hydrogen) atoms. The average molecular weight is 234 g/mol. The van der Waals surface area contributed by atoms with Crippen molar-refractivity contribution >= 4 is 11.6 Å². The second-order valence-corrected chi connectivity index (χ2v) is 4.90. The third-order valence-corrected chi connectivity index (χ3v) is 3.38. The Morgan fingerprint density at radius 2 is 2.18 bits per heavy atom. The minimum absolute atomic E-state index is 0.571. The van der Waals surface area contributed by atoms with Gasteiger partial charge in [0.2, 0.25) is 0 Å². The van der Waals surface area contributed by atoms with Crippen LogP contribution in [-0.4, -0.2) is 36.1 Å². The van der Waals surface area contributed by atoms with E-state index in [9.17, 15) is 0 Å². The molecule has 0 unspecified atom stereocenters. The number of hydrogen-bond donors (Lipinski definition) is 2. The Hall–Kier alpha value is -1.29. The Labute approximate surface area is 103 Å². The topological polar surface area (TPSA) is 54.2 Å². The Balaban J connectivity index is 1.69. The number of likely N-dealkylation sites (tertiary alicyclic amines) is 1. The van der Waals surface area contributed by atoms with E-state index in [4.69, 9.17) is 5.73 Å². The molecule has 1 saturated heterocycles. The largest absolute Gasteiger partial charge is 0.384 e. The molecule has 4 nitrogen and oxygen atoms in total. The molecule has 1 fully saturated rings. The van der Waals surface area contributed by atoms with Gasteiger partial charge in [-0.1, -0.05) is 13.0 Å². The van der Waals surface area contributed by atoms with Gasteiger partial charge in [0.25, 0.3) is 0 Å². The van der Waals surface area contributed by atoms with Gasteiger partial charge < -0.3 is 16.0 Å². The maximum absolute atomic E-state index is 5.63. The lowest BCUT2D eigenvalue weighted by Crippen LogP contribution is -2.36. The van der Waals surface area contributed by atoms with Crippen LogP contribution in [0.25, 0.3) is 0 Å². The van der Waals surface area contributed by atoms with Crippen molar-refractivity contribution in [1.82, 2.24) is 9.88 Å². The summed E-state index contributed by atoms with van der Waals surface area (Å²) in [5.41, 5.74) is 5.63. The molecule has 0 atom stereocenters. The van der Waals surface area contributed by atoms with Crippen molar-refractivity contribution in [3.8, 4) is 0 Å². The highest BCUT2D eigenvalue weighted by atomic mass is 15.1. The standard InChI is InChI=1S/C13H22N4/c1-11-5-8-17(9-6-11)10-7-15-13-4-2-3-12(14)16-13/h2-4,11H,5-10H2,1H3,(H3,14,15,16). The van der Waals surface area contributed by atoms with Gasteiger partial charge in [-0.25, -0.2) is 4.98 Å². The van der Waals surface area contributed by atoms with E-state index < -0.39 is 0 Å². The van der Waals surface area contributed by atoms with Crippen molar-refractivity contribution in [3.05, 3.63) is 18.2 Å². The summed E-state index contributed by atoms with van der Waals surface area (Å²) in [5.74, 6) is 2.34. The molecular weight excluding hydrogens is 212 g/mol.